The number of amides is 4. The number of piperidine rings is 1. The van der Waals surface area contributed by atoms with Crippen LogP contribution in [0.1, 0.15) is 12.8 Å². The zero-order chi connectivity index (χ0) is 28.6. The van der Waals surface area contributed by atoms with Crippen molar-refractivity contribution < 1.29 is 42.9 Å². The number of benzene rings is 1. The fourth-order valence-electron chi connectivity index (χ4n) is 3.75. The smallest absolute Gasteiger partial charge is 0.278 e. The summed E-state index contributed by atoms with van der Waals surface area (Å²) in [4.78, 5) is 52.2. The number of ether oxygens (including phenoxy) is 5. The van der Waals surface area contributed by atoms with Crippen molar-refractivity contribution in [2.75, 3.05) is 71.3 Å². The number of nitrogens with one attached hydrogen (secondary N) is 2. The monoisotopic (exact) mass is 560 g/mol. The van der Waals surface area contributed by atoms with E-state index < -0.39 is 29.7 Å². The Balaban J connectivity index is 1.26. The highest BCUT2D eigenvalue weighted by molar-refractivity contribution is 6.20. The molecule has 15 nitrogen and oxygen atoms in total. The lowest BCUT2D eigenvalue weighted by molar-refractivity contribution is -0.149. The Morgan fingerprint density at radius 2 is 1.60 bits per heavy atom. The molecule has 0 aromatic heterocycles. The van der Waals surface area contributed by atoms with Crippen molar-refractivity contribution >= 4 is 29.3 Å². The number of anilines is 1. The first-order valence-corrected chi connectivity index (χ1v) is 12.7. The van der Waals surface area contributed by atoms with Crippen molar-refractivity contribution in [1.29, 1.82) is 0 Å². The second-order valence-electron chi connectivity index (χ2n) is 8.44. The molecule has 1 atom stereocenters. The minimum Gasteiger partial charge on any atom is -0.491 e. The summed E-state index contributed by atoms with van der Waals surface area (Å²) in [6.45, 7) is 3.78. The maximum absolute atomic E-state index is 12.8. The van der Waals surface area contributed by atoms with E-state index in [9.17, 15) is 19.2 Å². The second-order valence-corrected chi connectivity index (χ2v) is 8.44. The highest BCUT2D eigenvalue weighted by Crippen LogP contribution is 2.24. The van der Waals surface area contributed by atoms with E-state index in [4.69, 9.17) is 29.2 Å². The molecule has 1 aromatic rings. The number of hydrogen-bond donors (Lipinski definition) is 2. The third kappa shape index (κ3) is 9.94. The number of rotatable bonds is 19. The third-order valence-electron chi connectivity index (χ3n) is 5.60. The zero-order valence-corrected chi connectivity index (χ0v) is 21.9. The molecule has 0 bridgehead atoms. The van der Waals surface area contributed by atoms with E-state index in [1.807, 2.05) is 0 Å². The highest BCUT2D eigenvalue weighted by atomic mass is 16.6. The van der Waals surface area contributed by atoms with Crippen molar-refractivity contribution in [3.8, 4) is 5.75 Å². The Bertz CT molecular complexity index is 1120. The Morgan fingerprint density at radius 3 is 2.25 bits per heavy atom. The van der Waals surface area contributed by atoms with Crippen LogP contribution in [0.3, 0.4) is 0 Å². The van der Waals surface area contributed by atoms with Gasteiger partial charge >= 0.3 is 0 Å². The number of carbonyl (C=O) groups is 4. The van der Waals surface area contributed by atoms with Gasteiger partial charge in [-0.1, -0.05) is 11.2 Å². The van der Waals surface area contributed by atoms with Crippen LogP contribution in [-0.2, 0) is 38.1 Å². The number of hydrogen-bond acceptors (Lipinski definition) is 11. The van der Waals surface area contributed by atoms with E-state index >= 15 is 0 Å². The molecule has 0 saturated carbocycles. The van der Waals surface area contributed by atoms with Crippen molar-refractivity contribution in [2.45, 2.75) is 18.9 Å². The summed E-state index contributed by atoms with van der Waals surface area (Å²) in [5.74, 6) is -1.81. The van der Waals surface area contributed by atoms with Crippen LogP contribution in [0.5, 0.6) is 5.75 Å². The van der Waals surface area contributed by atoms with Crippen LogP contribution < -0.4 is 15.4 Å². The normalized spacial score (nSPS) is 16.9. The summed E-state index contributed by atoms with van der Waals surface area (Å²) in [6.07, 6.45) is 1.28. The maximum atomic E-state index is 12.8. The molecule has 3 rings (SSSR count). The molecule has 2 N–H and O–H groups in total. The SMILES string of the molecule is [N-]=[N+]=NCCOCCOCCOCCOCCOc1cccc(NC2=CC(=O)N(C3CCC(=O)NC3=O)C2=O)c1. The first-order valence-electron chi connectivity index (χ1n) is 12.7. The van der Waals surface area contributed by atoms with E-state index in [0.29, 0.717) is 70.8 Å². The van der Waals surface area contributed by atoms with Crippen LogP contribution in [-0.4, -0.2) is 101 Å². The molecule has 4 amide bonds. The van der Waals surface area contributed by atoms with Crippen LogP contribution in [0.25, 0.3) is 10.4 Å². The second kappa shape index (κ2) is 16.8. The van der Waals surface area contributed by atoms with Gasteiger partial charge in [0.1, 0.15) is 24.1 Å². The van der Waals surface area contributed by atoms with Gasteiger partial charge in [-0.2, -0.15) is 0 Å². The predicted molar refractivity (Wildman–Crippen MR) is 139 cm³/mol. The fourth-order valence-corrected chi connectivity index (χ4v) is 3.75. The molecule has 15 heteroatoms. The van der Waals surface area contributed by atoms with Gasteiger partial charge in [0.05, 0.1) is 52.9 Å². The fraction of sp³-hybridized carbons (Fsp3) is 0.520. The van der Waals surface area contributed by atoms with Crippen molar-refractivity contribution in [3.05, 3.63) is 46.5 Å². The first kappa shape index (κ1) is 30.5. The molecule has 1 saturated heterocycles. The number of carbonyl (C=O) groups excluding carboxylic acids is 4. The average Bonchev–Trinajstić information content (AvgIpc) is 3.20. The minimum atomic E-state index is -1.02. The third-order valence-corrected chi connectivity index (χ3v) is 5.60. The Kier molecular flexibility index (Phi) is 12.9. The molecule has 0 spiro atoms. The number of nitrogens with zero attached hydrogens (tertiary/aromatic N) is 4. The van der Waals surface area contributed by atoms with Crippen LogP contribution in [0.15, 0.2) is 41.2 Å². The molecule has 216 valence electrons. The number of imide groups is 2. The molecular weight excluding hydrogens is 528 g/mol. The Morgan fingerprint density at radius 1 is 0.950 bits per heavy atom. The quantitative estimate of drug-likeness (QED) is 0.0808. The van der Waals surface area contributed by atoms with Gasteiger partial charge in [0, 0.05) is 35.7 Å². The molecular formula is C25H32N6O9. The van der Waals surface area contributed by atoms with Gasteiger partial charge in [0.25, 0.3) is 11.8 Å². The Labute approximate surface area is 230 Å². The zero-order valence-electron chi connectivity index (χ0n) is 21.9. The van der Waals surface area contributed by atoms with Gasteiger partial charge in [0.2, 0.25) is 11.8 Å². The van der Waals surface area contributed by atoms with Crippen molar-refractivity contribution in [3.63, 3.8) is 0 Å². The Hall–Kier alpha value is -4.01. The molecule has 0 aliphatic carbocycles. The first-order chi connectivity index (χ1) is 19.5. The van der Waals surface area contributed by atoms with E-state index in [1.165, 1.54) is 0 Å². The summed E-state index contributed by atoms with van der Waals surface area (Å²) in [6, 6.07) is 5.82. The standard InChI is InChI=1S/C25H32N6O9/c26-30-27-6-7-36-8-9-37-10-11-38-12-13-39-14-15-40-19-3-1-2-18(16-19)28-20-17-23(33)31(25(20)35)21-4-5-22(32)29-24(21)34/h1-3,16-17,21,28H,4-15H2,(H,29,32,34). The van der Waals surface area contributed by atoms with Gasteiger partial charge in [0.15, 0.2) is 0 Å². The van der Waals surface area contributed by atoms with Crippen LogP contribution in [0, 0.1) is 0 Å². The topological polar surface area (TPSA) is 190 Å². The maximum Gasteiger partial charge on any atom is 0.278 e. The van der Waals surface area contributed by atoms with Crippen LogP contribution in [0.2, 0.25) is 0 Å². The molecule has 2 aliphatic rings. The lowest BCUT2D eigenvalue weighted by atomic mass is 10.0. The van der Waals surface area contributed by atoms with Gasteiger partial charge in [-0.3, -0.25) is 29.4 Å². The van der Waals surface area contributed by atoms with Gasteiger partial charge in [-0.15, -0.1) is 0 Å². The predicted octanol–water partition coefficient (Wildman–Crippen LogP) is 0.912. The molecule has 1 aromatic carbocycles. The lowest BCUT2D eigenvalue weighted by Crippen LogP contribution is -2.54. The summed E-state index contributed by atoms with van der Waals surface area (Å²) in [5.41, 5.74) is 8.68. The van der Waals surface area contributed by atoms with E-state index in [0.717, 1.165) is 11.0 Å². The summed E-state index contributed by atoms with van der Waals surface area (Å²) in [5, 5.41) is 8.41. The summed E-state index contributed by atoms with van der Waals surface area (Å²) >= 11 is 0. The lowest BCUT2D eigenvalue weighted by Gasteiger charge is -2.28. The highest BCUT2D eigenvalue weighted by Gasteiger charge is 2.42. The van der Waals surface area contributed by atoms with E-state index in [2.05, 4.69) is 20.7 Å². The van der Waals surface area contributed by atoms with Gasteiger partial charge in [-0.05, 0) is 24.1 Å². The van der Waals surface area contributed by atoms with Gasteiger partial charge in [-0.25, -0.2) is 0 Å². The van der Waals surface area contributed by atoms with Crippen LogP contribution >= 0.6 is 0 Å². The molecule has 1 fully saturated rings. The molecule has 0 radical (unpaired) electrons. The van der Waals surface area contributed by atoms with Crippen LogP contribution in [0.4, 0.5) is 5.69 Å². The molecule has 2 heterocycles. The van der Waals surface area contributed by atoms with E-state index in [-0.39, 0.29) is 25.1 Å². The molecule has 2 aliphatic heterocycles. The minimum absolute atomic E-state index is 0.0242. The summed E-state index contributed by atoms with van der Waals surface area (Å²) in [7, 11) is 0. The largest absolute Gasteiger partial charge is 0.491 e. The summed E-state index contributed by atoms with van der Waals surface area (Å²) < 4.78 is 27.1. The number of azide groups is 1. The molecule has 40 heavy (non-hydrogen) atoms. The van der Waals surface area contributed by atoms with Crippen molar-refractivity contribution in [2.24, 2.45) is 5.11 Å². The van der Waals surface area contributed by atoms with Crippen molar-refractivity contribution in [1.82, 2.24) is 10.2 Å². The average molecular weight is 561 g/mol. The van der Waals surface area contributed by atoms with E-state index in [1.54, 1.807) is 24.3 Å². The van der Waals surface area contributed by atoms with Gasteiger partial charge < -0.3 is 29.0 Å². The molecule has 1 unspecified atom stereocenters.